The van der Waals surface area contributed by atoms with E-state index in [1.165, 1.54) is 12.3 Å². The Morgan fingerprint density at radius 2 is 2.22 bits per heavy atom. The van der Waals surface area contributed by atoms with Gasteiger partial charge in [-0.1, -0.05) is 18.5 Å². The van der Waals surface area contributed by atoms with Gasteiger partial charge in [0.1, 0.15) is 5.56 Å². The van der Waals surface area contributed by atoms with Gasteiger partial charge in [-0.3, -0.25) is 14.9 Å². The first-order valence-corrected chi connectivity index (χ1v) is 5.98. The SMILES string of the molecule is CCCN(CC)C(=O)c1ccnc(Cl)c1[N+](=O)[O-]. The summed E-state index contributed by atoms with van der Waals surface area (Å²) in [7, 11) is 0. The first-order valence-electron chi connectivity index (χ1n) is 5.61. The van der Waals surface area contributed by atoms with Gasteiger partial charge in [0.25, 0.3) is 5.91 Å². The van der Waals surface area contributed by atoms with Crippen LogP contribution in [0.4, 0.5) is 5.69 Å². The van der Waals surface area contributed by atoms with E-state index in [4.69, 9.17) is 11.6 Å². The number of hydrogen-bond acceptors (Lipinski definition) is 4. The number of amides is 1. The third kappa shape index (κ3) is 2.95. The maximum absolute atomic E-state index is 12.2. The summed E-state index contributed by atoms with van der Waals surface area (Å²) in [4.78, 5) is 27.6. The number of hydrogen-bond donors (Lipinski definition) is 0. The number of nitrogens with zero attached hydrogens (tertiary/aromatic N) is 3. The number of pyridine rings is 1. The molecule has 1 aromatic heterocycles. The third-order valence-electron chi connectivity index (χ3n) is 2.46. The fourth-order valence-corrected chi connectivity index (χ4v) is 1.85. The van der Waals surface area contributed by atoms with Crippen LogP contribution in [0.3, 0.4) is 0 Å². The molecule has 1 heterocycles. The smallest absolute Gasteiger partial charge is 0.319 e. The molecular weight excluding hydrogens is 258 g/mol. The first-order chi connectivity index (χ1) is 8.52. The zero-order valence-corrected chi connectivity index (χ0v) is 11.0. The highest BCUT2D eigenvalue weighted by molar-refractivity contribution is 6.32. The molecule has 0 fully saturated rings. The van der Waals surface area contributed by atoms with Crippen LogP contribution < -0.4 is 0 Å². The normalized spacial score (nSPS) is 10.2. The first kappa shape index (κ1) is 14.4. The van der Waals surface area contributed by atoms with Crippen LogP contribution in [-0.4, -0.2) is 33.8 Å². The van der Waals surface area contributed by atoms with Crippen LogP contribution in [-0.2, 0) is 0 Å². The van der Waals surface area contributed by atoms with E-state index >= 15 is 0 Å². The number of nitro groups is 1. The molecule has 0 saturated carbocycles. The molecule has 7 heteroatoms. The second-order valence-corrected chi connectivity index (χ2v) is 4.00. The fourth-order valence-electron chi connectivity index (χ4n) is 1.62. The highest BCUT2D eigenvalue weighted by atomic mass is 35.5. The number of carbonyl (C=O) groups is 1. The van der Waals surface area contributed by atoms with Crippen LogP contribution in [0.25, 0.3) is 0 Å². The van der Waals surface area contributed by atoms with Crippen LogP contribution >= 0.6 is 11.6 Å². The lowest BCUT2D eigenvalue weighted by Crippen LogP contribution is -2.32. The standard InChI is InChI=1S/C11H14ClN3O3/c1-3-7-14(4-2)11(16)8-5-6-13-10(12)9(8)15(17)18/h5-6H,3-4,7H2,1-2H3. The monoisotopic (exact) mass is 271 g/mol. The van der Waals surface area contributed by atoms with Crippen LogP contribution in [0.15, 0.2) is 12.3 Å². The Hall–Kier alpha value is -1.69. The molecule has 0 atom stereocenters. The molecule has 1 aromatic rings. The Labute approximate surface area is 110 Å². The minimum atomic E-state index is -0.678. The van der Waals surface area contributed by atoms with Crippen molar-refractivity contribution in [2.75, 3.05) is 13.1 Å². The number of halogens is 1. The largest absolute Gasteiger partial charge is 0.339 e. The molecule has 0 bridgehead atoms. The van der Waals surface area contributed by atoms with Crippen molar-refractivity contribution in [3.05, 3.63) is 33.1 Å². The van der Waals surface area contributed by atoms with Crippen molar-refractivity contribution >= 4 is 23.2 Å². The molecule has 0 saturated heterocycles. The summed E-state index contributed by atoms with van der Waals surface area (Å²) in [5, 5.41) is 10.7. The van der Waals surface area contributed by atoms with Gasteiger partial charge >= 0.3 is 5.69 Å². The van der Waals surface area contributed by atoms with E-state index in [9.17, 15) is 14.9 Å². The van der Waals surface area contributed by atoms with Gasteiger partial charge in [-0.25, -0.2) is 4.98 Å². The molecule has 0 aliphatic carbocycles. The average molecular weight is 272 g/mol. The minimum Gasteiger partial charge on any atom is -0.339 e. The van der Waals surface area contributed by atoms with Gasteiger partial charge in [0.2, 0.25) is 5.15 Å². The van der Waals surface area contributed by atoms with Gasteiger partial charge in [-0.15, -0.1) is 0 Å². The van der Waals surface area contributed by atoms with E-state index in [0.717, 1.165) is 6.42 Å². The molecule has 0 radical (unpaired) electrons. The predicted octanol–water partition coefficient (Wildman–Crippen LogP) is 2.52. The summed E-state index contributed by atoms with van der Waals surface area (Å²) in [6.45, 7) is 4.79. The maximum Gasteiger partial charge on any atom is 0.319 e. The number of carbonyl (C=O) groups excluding carboxylic acids is 1. The van der Waals surface area contributed by atoms with Crippen LogP contribution in [0, 0.1) is 10.1 Å². The molecule has 0 aliphatic heterocycles. The van der Waals surface area contributed by atoms with Crippen LogP contribution in [0.2, 0.25) is 5.15 Å². The Balaban J connectivity index is 3.20. The zero-order valence-electron chi connectivity index (χ0n) is 10.2. The summed E-state index contributed by atoms with van der Waals surface area (Å²) >= 11 is 5.67. The summed E-state index contributed by atoms with van der Waals surface area (Å²) in [6, 6.07) is 1.32. The molecule has 6 nitrogen and oxygen atoms in total. The topological polar surface area (TPSA) is 76.3 Å². The van der Waals surface area contributed by atoms with Crippen molar-refractivity contribution in [2.24, 2.45) is 0 Å². The Morgan fingerprint density at radius 3 is 2.72 bits per heavy atom. The van der Waals surface area contributed by atoms with E-state index in [-0.39, 0.29) is 10.7 Å². The second-order valence-electron chi connectivity index (χ2n) is 3.64. The highest BCUT2D eigenvalue weighted by Gasteiger charge is 2.27. The summed E-state index contributed by atoms with van der Waals surface area (Å²) in [6.07, 6.45) is 2.08. The molecule has 1 rings (SSSR count). The summed E-state index contributed by atoms with van der Waals surface area (Å²) in [5.41, 5.74) is -0.450. The predicted molar refractivity (Wildman–Crippen MR) is 67.8 cm³/mol. The van der Waals surface area contributed by atoms with Gasteiger partial charge in [0.05, 0.1) is 4.92 Å². The number of aromatic nitrogens is 1. The van der Waals surface area contributed by atoms with Gasteiger partial charge in [0.15, 0.2) is 0 Å². The van der Waals surface area contributed by atoms with E-state index in [1.54, 1.807) is 4.90 Å². The molecule has 18 heavy (non-hydrogen) atoms. The van der Waals surface area contributed by atoms with Gasteiger partial charge in [0, 0.05) is 19.3 Å². The molecule has 0 aromatic carbocycles. The second kappa shape index (κ2) is 6.30. The Bertz CT molecular complexity index is 465. The fraction of sp³-hybridized carbons (Fsp3) is 0.455. The zero-order chi connectivity index (χ0) is 13.7. The van der Waals surface area contributed by atoms with E-state index in [2.05, 4.69) is 4.98 Å². The average Bonchev–Trinajstić information content (AvgIpc) is 2.34. The van der Waals surface area contributed by atoms with E-state index in [0.29, 0.717) is 13.1 Å². The quantitative estimate of drug-likeness (QED) is 0.468. The third-order valence-corrected chi connectivity index (χ3v) is 2.73. The van der Waals surface area contributed by atoms with Gasteiger partial charge < -0.3 is 4.90 Å². The van der Waals surface area contributed by atoms with Crippen LogP contribution in [0.5, 0.6) is 0 Å². The van der Waals surface area contributed by atoms with Gasteiger partial charge in [-0.05, 0) is 19.4 Å². The summed E-state index contributed by atoms with van der Waals surface area (Å²) < 4.78 is 0. The highest BCUT2D eigenvalue weighted by Crippen LogP contribution is 2.27. The Morgan fingerprint density at radius 1 is 1.56 bits per heavy atom. The van der Waals surface area contributed by atoms with Crippen molar-refractivity contribution in [2.45, 2.75) is 20.3 Å². The molecule has 0 aliphatic rings. The lowest BCUT2D eigenvalue weighted by atomic mass is 10.2. The van der Waals surface area contributed by atoms with Crippen molar-refractivity contribution < 1.29 is 9.72 Å². The number of rotatable bonds is 5. The van der Waals surface area contributed by atoms with Crippen molar-refractivity contribution in [1.29, 1.82) is 0 Å². The summed E-state index contributed by atoms with van der Waals surface area (Å²) in [5.74, 6) is -0.393. The molecule has 98 valence electrons. The molecular formula is C11H14ClN3O3. The lowest BCUT2D eigenvalue weighted by Gasteiger charge is -2.19. The Kier molecular flexibility index (Phi) is 5.03. The van der Waals surface area contributed by atoms with Crippen molar-refractivity contribution in [3.63, 3.8) is 0 Å². The van der Waals surface area contributed by atoms with Crippen molar-refractivity contribution in [1.82, 2.24) is 9.88 Å². The maximum atomic E-state index is 12.2. The molecule has 0 spiro atoms. The molecule has 0 N–H and O–H groups in total. The van der Waals surface area contributed by atoms with Crippen LogP contribution in [0.1, 0.15) is 30.6 Å². The van der Waals surface area contributed by atoms with Crippen molar-refractivity contribution in [3.8, 4) is 0 Å². The lowest BCUT2D eigenvalue weighted by molar-refractivity contribution is -0.385. The van der Waals surface area contributed by atoms with E-state index < -0.39 is 16.5 Å². The minimum absolute atomic E-state index is 0.0182. The van der Waals surface area contributed by atoms with Gasteiger partial charge in [-0.2, -0.15) is 0 Å². The van der Waals surface area contributed by atoms with E-state index in [1.807, 2.05) is 13.8 Å². The molecule has 1 amide bonds. The molecule has 0 unspecified atom stereocenters.